The molecule has 10 heavy (non-hydrogen) atoms. The van der Waals surface area contributed by atoms with Crippen molar-refractivity contribution in [3.05, 3.63) is 12.7 Å². The fraction of sp³-hybridized carbons (Fsp3) is 0.778. The highest BCUT2D eigenvalue weighted by Crippen LogP contribution is 2.22. The number of rotatable bonds is 2. The van der Waals surface area contributed by atoms with Crippen LogP contribution in [0.2, 0.25) is 0 Å². The lowest BCUT2D eigenvalue weighted by Crippen LogP contribution is -2.25. The van der Waals surface area contributed by atoms with Crippen molar-refractivity contribution in [1.82, 2.24) is 5.32 Å². The highest BCUT2D eigenvalue weighted by molar-refractivity contribution is 4.83. The molecule has 1 aliphatic rings. The van der Waals surface area contributed by atoms with Gasteiger partial charge in [-0.25, -0.2) is 5.32 Å². The first-order chi connectivity index (χ1) is 4.84. The summed E-state index contributed by atoms with van der Waals surface area (Å²) >= 11 is 0. The Bertz CT molecular complexity index is 103. The van der Waals surface area contributed by atoms with Gasteiger partial charge in [0.05, 0.1) is 0 Å². The summed E-state index contributed by atoms with van der Waals surface area (Å²) in [5, 5.41) is 4.31. The summed E-state index contributed by atoms with van der Waals surface area (Å²) in [6, 6.07) is 0. The minimum absolute atomic E-state index is 0.690. The van der Waals surface area contributed by atoms with Crippen LogP contribution in [0.3, 0.4) is 0 Å². The summed E-state index contributed by atoms with van der Waals surface area (Å²) in [5.74, 6) is 1.55. The van der Waals surface area contributed by atoms with E-state index in [1.165, 1.54) is 12.8 Å². The van der Waals surface area contributed by atoms with E-state index in [0.29, 0.717) is 5.92 Å². The smallest absolute Gasteiger partial charge is 0.0136 e. The van der Waals surface area contributed by atoms with Crippen molar-refractivity contribution in [3.63, 3.8) is 0 Å². The number of piperidine rings is 1. The molecule has 0 aromatic carbocycles. The van der Waals surface area contributed by atoms with Crippen LogP contribution >= 0.6 is 0 Å². The van der Waals surface area contributed by atoms with E-state index in [9.17, 15) is 0 Å². The van der Waals surface area contributed by atoms with Gasteiger partial charge in [-0.3, -0.25) is 0 Å². The number of nitrogens with zero attached hydrogens (tertiary/aromatic N) is 1. The molecule has 0 spiro atoms. The Kier molecular flexibility index (Phi) is 2.94. The molecule has 0 aromatic rings. The molecule has 1 aliphatic heterocycles. The Morgan fingerprint density at radius 3 is 2.60 bits per heavy atom. The Morgan fingerprint density at radius 1 is 1.50 bits per heavy atom. The van der Waals surface area contributed by atoms with Gasteiger partial charge < -0.3 is 0 Å². The highest BCUT2D eigenvalue weighted by Gasteiger charge is 2.17. The summed E-state index contributed by atoms with van der Waals surface area (Å²) in [5.41, 5.74) is 0. The van der Waals surface area contributed by atoms with E-state index in [1.54, 1.807) is 0 Å². The van der Waals surface area contributed by atoms with E-state index in [0.717, 1.165) is 19.0 Å². The van der Waals surface area contributed by atoms with Crippen molar-refractivity contribution in [2.75, 3.05) is 13.1 Å². The zero-order valence-electron chi connectivity index (χ0n) is 6.71. The molecule has 57 valence electrons. The van der Waals surface area contributed by atoms with Crippen molar-refractivity contribution in [1.29, 1.82) is 0 Å². The summed E-state index contributed by atoms with van der Waals surface area (Å²) in [7, 11) is 0. The number of hydrogen-bond donors (Lipinski definition) is 0. The van der Waals surface area contributed by atoms with Gasteiger partial charge in [0.1, 0.15) is 0 Å². The van der Waals surface area contributed by atoms with Crippen LogP contribution < -0.4 is 5.32 Å². The van der Waals surface area contributed by atoms with Gasteiger partial charge in [-0.1, -0.05) is 13.0 Å². The van der Waals surface area contributed by atoms with Crippen molar-refractivity contribution >= 4 is 0 Å². The van der Waals surface area contributed by atoms with Crippen LogP contribution in [0.15, 0.2) is 12.7 Å². The van der Waals surface area contributed by atoms with E-state index in [1.807, 2.05) is 0 Å². The van der Waals surface area contributed by atoms with Gasteiger partial charge in [-0.15, -0.1) is 6.58 Å². The minimum atomic E-state index is 0.690. The van der Waals surface area contributed by atoms with E-state index in [-0.39, 0.29) is 0 Å². The summed E-state index contributed by atoms with van der Waals surface area (Å²) in [6.45, 7) is 8.20. The second-order valence-corrected chi connectivity index (χ2v) is 3.10. The molecule has 1 heterocycles. The van der Waals surface area contributed by atoms with Crippen molar-refractivity contribution in [2.24, 2.45) is 11.8 Å². The number of hydrogen-bond acceptors (Lipinski definition) is 0. The molecule has 1 saturated heterocycles. The van der Waals surface area contributed by atoms with E-state index in [4.69, 9.17) is 0 Å². The summed E-state index contributed by atoms with van der Waals surface area (Å²) in [6.07, 6.45) is 4.61. The molecule has 1 rings (SSSR count). The quantitative estimate of drug-likeness (QED) is 0.517. The molecule has 0 amide bonds. The first-order valence-electron chi connectivity index (χ1n) is 4.10. The molecule has 1 radical (unpaired) electrons. The minimum Gasteiger partial charge on any atom is -0.242 e. The van der Waals surface area contributed by atoms with Crippen molar-refractivity contribution < 1.29 is 0 Å². The lowest BCUT2D eigenvalue weighted by atomic mass is 9.86. The SMILES string of the molecule is C=CC(C)C1CC[N]CC1. The Morgan fingerprint density at radius 2 is 2.10 bits per heavy atom. The molecule has 0 N–H and O–H groups in total. The average molecular weight is 138 g/mol. The molecule has 1 heteroatoms. The lowest BCUT2D eigenvalue weighted by Gasteiger charge is -2.24. The average Bonchev–Trinajstić information content (AvgIpc) is 2.05. The maximum Gasteiger partial charge on any atom is 0.0136 e. The van der Waals surface area contributed by atoms with Gasteiger partial charge in [0.2, 0.25) is 0 Å². The highest BCUT2D eigenvalue weighted by atomic mass is 14.9. The van der Waals surface area contributed by atoms with Crippen LogP contribution in [0.25, 0.3) is 0 Å². The third kappa shape index (κ3) is 1.84. The molecule has 1 fully saturated rings. The first-order valence-corrected chi connectivity index (χ1v) is 4.10. The Hall–Kier alpha value is -0.300. The Labute approximate surface area is 63.5 Å². The maximum absolute atomic E-state index is 4.31. The first kappa shape index (κ1) is 7.80. The third-order valence-electron chi connectivity index (χ3n) is 2.43. The van der Waals surface area contributed by atoms with Gasteiger partial charge >= 0.3 is 0 Å². The second-order valence-electron chi connectivity index (χ2n) is 3.10. The van der Waals surface area contributed by atoms with Gasteiger partial charge in [0.25, 0.3) is 0 Å². The summed E-state index contributed by atoms with van der Waals surface area (Å²) in [4.78, 5) is 0. The molecule has 0 aromatic heterocycles. The molecular formula is C9H16N. The van der Waals surface area contributed by atoms with Crippen LogP contribution in [-0.2, 0) is 0 Å². The second kappa shape index (κ2) is 3.77. The topological polar surface area (TPSA) is 14.1 Å². The van der Waals surface area contributed by atoms with Crippen LogP contribution in [0.1, 0.15) is 19.8 Å². The molecule has 1 atom stereocenters. The zero-order valence-corrected chi connectivity index (χ0v) is 6.71. The molecule has 1 nitrogen and oxygen atoms in total. The fourth-order valence-corrected chi connectivity index (χ4v) is 1.49. The molecule has 1 unspecified atom stereocenters. The van der Waals surface area contributed by atoms with E-state index >= 15 is 0 Å². The van der Waals surface area contributed by atoms with Crippen molar-refractivity contribution in [3.8, 4) is 0 Å². The zero-order chi connectivity index (χ0) is 7.40. The maximum atomic E-state index is 4.31. The molecule has 0 saturated carbocycles. The third-order valence-corrected chi connectivity index (χ3v) is 2.43. The van der Waals surface area contributed by atoms with Crippen molar-refractivity contribution in [2.45, 2.75) is 19.8 Å². The van der Waals surface area contributed by atoms with E-state index in [2.05, 4.69) is 24.9 Å². The molecular weight excluding hydrogens is 122 g/mol. The monoisotopic (exact) mass is 138 g/mol. The van der Waals surface area contributed by atoms with Crippen LogP contribution in [0, 0.1) is 11.8 Å². The van der Waals surface area contributed by atoms with Gasteiger partial charge in [0.15, 0.2) is 0 Å². The molecule has 0 aliphatic carbocycles. The predicted molar refractivity (Wildman–Crippen MR) is 44.0 cm³/mol. The molecule has 0 bridgehead atoms. The van der Waals surface area contributed by atoms with E-state index < -0.39 is 0 Å². The standard InChI is InChI=1S/C9H16N/c1-3-8(2)9-4-6-10-7-5-9/h3,8-9H,1,4-7H2,2H3. The largest absolute Gasteiger partial charge is 0.242 e. The van der Waals surface area contributed by atoms with Gasteiger partial charge in [-0.05, 0) is 24.7 Å². The normalized spacial score (nSPS) is 24.1. The summed E-state index contributed by atoms with van der Waals surface area (Å²) < 4.78 is 0. The van der Waals surface area contributed by atoms with Gasteiger partial charge in [-0.2, -0.15) is 0 Å². The Balaban J connectivity index is 2.30. The fourth-order valence-electron chi connectivity index (χ4n) is 1.49. The predicted octanol–water partition coefficient (Wildman–Crippen LogP) is 1.82. The lowest BCUT2D eigenvalue weighted by molar-refractivity contribution is 0.310. The van der Waals surface area contributed by atoms with Gasteiger partial charge in [0, 0.05) is 13.1 Å². The number of allylic oxidation sites excluding steroid dienone is 1. The van der Waals surface area contributed by atoms with Crippen LogP contribution in [0.4, 0.5) is 0 Å². The van der Waals surface area contributed by atoms with Crippen LogP contribution in [0.5, 0.6) is 0 Å². The van der Waals surface area contributed by atoms with Crippen LogP contribution in [-0.4, -0.2) is 13.1 Å².